The molecule has 0 aliphatic rings. The number of rotatable bonds is 3. The highest BCUT2D eigenvalue weighted by atomic mass is 32.1. The second-order valence-electron chi connectivity index (χ2n) is 2.85. The van der Waals surface area contributed by atoms with Gasteiger partial charge in [-0.2, -0.15) is 0 Å². The maximum atomic E-state index is 11.4. The topological polar surface area (TPSA) is 64.1 Å². The van der Waals surface area contributed by atoms with E-state index in [1.54, 1.807) is 29.9 Å². The molecule has 2 aromatic rings. The predicted octanol–water partition coefficient (Wildman–Crippen LogP) is 2.07. The van der Waals surface area contributed by atoms with Crippen LogP contribution in [0.15, 0.2) is 29.9 Å². The van der Waals surface area contributed by atoms with Crippen LogP contribution in [-0.2, 0) is 4.74 Å². The lowest BCUT2D eigenvalue weighted by Gasteiger charge is -2.03. The second kappa shape index (κ2) is 4.71. The van der Waals surface area contributed by atoms with Crippen LogP contribution >= 0.6 is 11.3 Å². The zero-order valence-corrected chi connectivity index (χ0v) is 9.32. The van der Waals surface area contributed by atoms with Crippen molar-refractivity contribution in [1.29, 1.82) is 0 Å². The Morgan fingerprint density at radius 2 is 2.19 bits per heavy atom. The molecule has 6 heteroatoms. The van der Waals surface area contributed by atoms with Crippen LogP contribution in [0.5, 0.6) is 0 Å². The van der Waals surface area contributed by atoms with Crippen molar-refractivity contribution < 1.29 is 9.53 Å². The number of carbonyl (C=O) groups excluding carboxylic acids is 1. The number of ether oxygens (including phenoxy) is 1. The Balaban J connectivity index is 2.22. The van der Waals surface area contributed by atoms with Crippen molar-refractivity contribution in [3.05, 3.63) is 35.5 Å². The van der Waals surface area contributed by atoms with Gasteiger partial charge in [-0.05, 0) is 17.5 Å². The molecule has 2 rings (SSSR count). The van der Waals surface area contributed by atoms with Crippen LogP contribution in [0, 0.1) is 0 Å². The van der Waals surface area contributed by atoms with Crippen molar-refractivity contribution in [3.63, 3.8) is 0 Å². The van der Waals surface area contributed by atoms with Gasteiger partial charge in [-0.25, -0.2) is 14.8 Å². The minimum atomic E-state index is -0.375. The summed E-state index contributed by atoms with van der Waals surface area (Å²) in [6.45, 7) is 0. The van der Waals surface area contributed by atoms with Gasteiger partial charge in [0.2, 0.25) is 5.95 Å². The molecule has 2 heterocycles. The summed E-state index contributed by atoms with van der Waals surface area (Å²) < 4.78 is 4.66. The number of carbonyl (C=O) groups is 1. The van der Waals surface area contributed by atoms with Crippen molar-refractivity contribution in [3.8, 4) is 0 Å². The summed E-state index contributed by atoms with van der Waals surface area (Å²) in [5, 5.41) is 5.45. The molecule has 0 unspecified atom stereocenters. The van der Waals surface area contributed by atoms with Crippen LogP contribution in [0.2, 0.25) is 0 Å². The van der Waals surface area contributed by atoms with Gasteiger partial charge in [0.25, 0.3) is 0 Å². The monoisotopic (exact) mass is 235 g/mol. The molecule has 0 aromatic carbocycles. The van der Waals surface area contributed by atoms with Crippen LogP contribution in [0.4, 0.5) is 10.9 Å². The molecule has 0 radical (unpaired) electrons. The smallest absolute Gasteiger partial charge is 0.340 e. The van der Waals surface area contributed by atoms with Crippen LogP contribution in [-0.4, -0.2) is 23.0 Å². The molecule has 0 fully saturated rings. The lowest BCUT2D eigenvalue weighted by molar-refractivity contribution is 0.0602. The van der Waals surface area contributed by atoms with Gasteiger partial charge in [-0.15, -0.1) is 11.3 Å². The van der Waals surface area contributed by atoms with Crippen LogP contribution < -0.4 is 5.32 Å². The van der Waals surface area contributed by atoms with Crippen LogP contribution in [0.3, 0.4) is 0 Å². The van der Waals surface area contributed by atoms with Crippen molar-refractivity contribution in [1.82, 2.24) is 9.97 Å². The molecule has 0 aliphatic carbocycles. The first-order valence-corrected chi connectivity index (χ1v) is 5.39. The zero-order chi connectivity index (χ0) is 11.4. The van der Waals surface area contributed by atoms with Gasteiger partial charge in [-0.1, -0.05) is 0 Å². The van der Waals surface area contributed by atoms with Gasteiger partial charge in [0, 0.05) is 12.4 Å². The Bertz CT molecular complexity index is 484. The summed E-state index contributed by atoms with van der Waals surface area (Å²) in [7, 11) is 1.35. The van der Waals surface area contributed by atoms with Crippen molar-refractivity contribution in [2.75, 3.05) is 12.4 Å². The van der Waals surface area contributed by atoms with E-state index < -0.39 is 0 Å². The Morgan fingerprint density at radius 3 is 2.88 bits per heavy atom. The third kappa shape index (κ3) is 2.17. The number of esters is 1. The fourth-order valence-corrected chi connectivity index (χ4v) is 1.91. The van der Waals surface area contributed by atoms with E-state index in [2.05, 4.69) is 20.0 Å². The van der Waals surface area contributed by atoms with Crippen molar-refractivity contribution in [2.45, 2.75) is 0 Å². The van der Waals surface area contributed by atoms with Gasteiger partial charge in [0.1, 0.15) is 5.00 Å². The fraction of sp³-hybridized carbons (Fsp3) is 0.100. The van der Waals surface area contributed by atoms with E-state index in [1.165, 1.54) is 18.4 Å². The number of nitrogens with zero attached hydrogens (tertiary/aromatic N) is 2. The lowest BCUT2D eigenvalue weighted by Crippen LogP contribution is -2.03. The molecule has 0 aliphatic heterocycles. The van der Waals surface area contributed by atoms with Gasteiger partial charge in [-0.3, -0.25) is 0 Å². The minimum Gasteiger partial charge on any atom is -0.465 e. The first-order valence-electron chi connectivity index (χ1n) is 4.51. The molecule has 0 bridgehead atoms. The van der Waals surface area contributed by atoms with E-state index >= 15 is 0 Å². The number of hydrogen-bond donors (Lipinski definition) is 1. The van der Waals surface area contributed by atoms with Crippen molar-refractivity contribution >= 4 is 28.3 Å². The first kappa shape index (κ1) is 10.6. The first-order chi connectivity index (χ1) is 7.81. The molecule has 0 amide bonds. The highest BCUT2D eigenvalue weighted by Crippen LogP contribution is 2.25. The molecule has 0 saturated heterocycles. The highest BCUT2D eigenvalue weighted by molar-refractivity contribution is 7.14. The molecule has 0 atom stereocenters. The van der Waals surface area contributed by atoms with E-state index in [9.17, 15) is 4.79 Å². The molecule has 5 nitrogen and oxygen atoms in total. The number of anilines is 2. The summed E-state index contributed by atoms with van der Waals surface area (Å²) >= 11 is 1.40. The molecular formula is C10H9N3O2S. The lowest BCUT2D eigenvalue weighted by atomic mass is 10.3. The van der Waals surface area contributed by atoms with E-state index in [0.29, 0.717) is 16.5 Å². The SMILES string of the molecule is COC(=O)c1ccsc1Nc1ncccn1. The number of methoxy groups -OCH3 is 1. The van der Waals surface area contributed by atoms with E-state index in [1.807, 2.05) is 0 Å². The Kier molecular flexibility index (Phi) is 3.11. The molecule has 0 saturated carbocycles. The molecule has 16 heavy (non-hydrogen) atoms. The number of thiophene rings is 1. The highest BCUT2D eigenvalue weighted by Gasteiger charge is 2.13. The summed E-state index contributed by atoms with van der Waals surface area (Å²) in [5.41, 5.74) is 0.486. The Hall–Kier alpha value is -1.95. The van der Waals surface area contributed by atoms with Crippen molar-refractivity contribution in [2.24, 2.45) is 0 Å². The van der Waals surface area contributed by atoms with E-state index in [-0.39, 0.29) is 5.97 Å². The fourth-order valence-electron chi connectivity index (χ4n) is 1.14. The summed E-state index contributed by atoms with van der Waals surface area (Å²) in [6.07, 6.45) is 3.25. The molecule has 2 aromatic heterocycles. The third-order valence-electron chi connectivity index (χ3n) is 1.86. The third-order valence-corrected chi connectivity index (χ3v) is 2.69. The quantitative estimate of drug-likeness (QED) is 0.825. The molecule has 82 valence electrons. The van der Waals surface area contributed by atoms with Gasteiger partial charge < -0.3 is 10.1 Å². The summed E-state index contributed by atoms with van der Waals surface area (Å²) in [5.74, 6) is 0.0785. The Labute approximate surface area is 96.1 Å². The number of hydrogen-bond acceptors (Lipinski definition) is 6. The standard InChI is InChI=1S/C10H9N3O2S/c1-15-9(14)7-3-6-16-8(7)13-10-11-4-2-5-12-10/h2-6H,1H3,(H,11,12,13). The molecular weight excluding hydrogens is 226 g/mol. The zero-order valence-electron chi connectivity index (χ0n) is 8.51. The van der Waals surface area contributed by atoms with Crippen LogP contribution in [0.25, 0.3) is 0 Å². The average molecular weight is 235 g/mol. The van der Waals surface area contributed by atoms with Crippen LogP contribution in [0.1, 0.15) is 10.4 Å². The van der Waals surface area contributed by atoms with Gasteiger partial charge >= 0.3 is 5.97 Å². The minimum absolute atomic E-state index is 0.375. The second-order valence-corrected chi connectivity index (χ2v) is 3.77. The Morgan fingerprint density at radius 1 is 1.44 bits per heavy atom. The van der Waals surface area contributed by atoms with E-state index in [0.717, 1.165) is 0 Å². The number of aromatic nitrogens is 2. The predicted molar refractivity (Wildman–Crippen MR) is 61.0 cm³/mol. The largest absolute Gasteiger partial charge is 0.465 e. The normalized spacial score (nSPS) is 9.81. The maximum Gasteiger partial charge on any atom is 0.340 e. The molecule has 0 spiro atoms. The maximum absolute atomic E-state index is 11.4. The number of nitrogens with one attached hydrogen (secondary N) is 1. The van der Waals surface area contributed by atoms with Gasteiger partial charge in [0.05, 0.1) is 12.7 Å². The summed E-state index contributed by atoms with van der Waals surface area (Å²) in [6, 6.07) is 3.42. The molecule has 1 N–H and O–H groups in total. The van der Waals surface area contributed by atoms with Gasteiger partial charge in [0.15, 0.2) is 0 Å². The van der Waals surface area contributed by atoms with E-state index in [4.69, 9.17) is 0 Å². The average Bonchev–Trinajstić information content (AvgIpc) is 2.77. The summed E-state index contributed by atoms with van der Waals surface area (Å²) in [4.78, 5) is 19.4.